The highest BCUT2D eigenvalue weighted by molar-refractivity contribution is 6.26. The molecule has 3 heteroatoms. The van der Waals surface area contributed by atoms with E-state index >= 15 is 0 Å². The van der Waals surface area contributed by atoms with Gasteiger partial charge in [-0.05, 0) is 49.9 Å². The minimum Gasteiger partial charge on any atom is -0.384 e. The average molecular weight is 246 g/mol. The molecule has 0 N–H and O–H groups in total. The zero-order valence-electron chi connectivity index (χ0n) is 11.3. The summed E-state index contributed by atoms with van der Waals surface area (Å²) >= 11 is 0. The van der Waals surface area contributed by atoms with E-state index in [2.05, 4.69) is 0 Å². The standard InChI is InChI=1S/C15H18O3/c1-8-7-12-13(15(17)10(3)14(12)16)9(2)11(8)5-6-18-4/h7,10H,5-6H2,1-4H3. The van der Waals surface area contributed by atoms with E-state index in [4.69, 9.17) is 4.74 Å². The first kappa shape index (κ1) is 13.0. The summed E-state index contributed by atoms with van der Waals surface area (Å²) in [6.07, 6.45) is 0.775. The summed E-state index contributed by atoms with van der Waals surface area (Å²) in [6, 6.07) is 1.86. The molecule has 0 saturated heterocycles. The Hall–Kier alpha value is -1.48. The molecular weight excluding hydrogens is 228 g/mol. The molecule has 0 radical (unpaired) electrons. The van der Waals surface area contributed by atoms with Gasteiger partial charge < -0.3 is 4.74 Å². The van der Waals surface area contributed by atoms with Gasteiger partial charge in [0, 0.05) is 18.2 Å². The summed E-state index contributed by atoms with van der Waals surface area (Å²) in [5, 5.41) is 0. The molecule has 1 atom stereocenters. The number of ketones is 2. The Balaban J connectivity index is 2.57. The molecule has 1 aliphatic carbocycles. The second-order valence-electron chi connectivity index (χ2n) is 4.91. The van der Waals surface area contributed by atoms with Crippen molar-refractivity contribution in [1.29, 1.82) is 0 Å². The summed E-state index contributed by atoms with van der Waals surface area (Å²) in [5.41, 5.74) is 4.38. The summed E-state index contributed by atoms with van der Waals surface area (Å²) in [6.45, 7) is 6.23. The van der Waals surface area contributed by atoms with Crippen LogP contribution in [-0.2, 0) is 11.2 Å². The van der Waals surface area contributed by atoms with Crippen molar-refractivity contribution in [3.05, 3.63) is 33.9 Å². The van der Waals surface area contributed by atoms with Crippen molar-refractivity contribution in [1.82, 2.24) is 0 Å². The third-order valence-electron chi connectivity index (χ3n) is 3.79. The number of hydrogen-bond acceptors (Lipinski definition) is 3. The lowest BCUT2D eigenvalue weighted by molar-refractivity contribution is 0.0852. The number of benzene rings is 1. The van der Waals surface area contributed by atoms with Crippen LogP contribution in [0.3, 0.4) is 0 Å². The molecule has 3 nitrogen and oxygen atoms in total. The van der Waals surface area contributed by atoms with Gasteiger partial charge >= 0.3 is 0 Å². The van der Waals surface area contributed by atoms with Crippen LogP contribution in [-0.4, -0.2) is 25.3 Å². The molecular formula is C15H18O3. The Kier molecular flexibility index (Phi) is 3.35. The van der Waals surface area contributed by atoms with Crippen LogP contribution in [0.2, 0.25) is 0 Å². The number of carbonyl (C=O) groups is 2. The lowest BCUT2D eigenvalue weighted by Gasteiger charge is -2.13. The lowest BCUT2D eigenvalue weighted by Crippen LogP contribution is -2.10. The minimum absolute atomic E-state index is 0.0360. The van der Waals surface area contributed by atoms with E-state index in [1.807, 2.05) is 19.9 Å². The van der Waals surface area contributed by atoms with Gasteiger partial charge in [0.05, 0.1) is 12.5 Å². The van der Waals surface area contributed by atoms with Crippen LogP contribution in [0.15, 0.2) is 6.07 Å². The smallest absolute Gasteiger partial charge is 0.174 e. The second kappa shape index (κ2) is 4.65. The first-order chi connectivity index (χ1) is 8.49. The van der Waals surface area contributed by atoms with Gasteiger partial charge in [0.1, 0.15) is 0 Å². The highest BCUT2D eigenvalue weighted by Crippen LogP contribution is 2.32. The molecule has 0 fully saturated rings. The first-order valence-corrected chi connectivity index (χ1v) is 6.19. The predicted octanol–water partition coefficient (Wildman–Crippen LogP) is 2.51. The first-order valence-electron chi connectivity index (χ1n) is 6.19. The van der Waals surface area contributed by atoms with Gasteiger partial charge in [-0.3, -0.25) is 9.59 Å². The monoisotopic (exact) mass is 246 g/mol. The molecule has 2 rings (SSSR count). The Labute approximate surface area is 107 Å². The third kappa shape index (κ3) is 1.79. The molecule has 0 aliphatic heterocycles. The number of rotatable bonds is 3. The Morgan fingerprint density at radius 2 is 1.89 bits per heavy atom. The molecule has 0 amide bonds. The molecule has 0 spiro atoms. The van der Waals surface area contributed by atoms with Crippen LogP contribution in [0, 0.1) is 19.8 Å². The number of ether oxygens (including phenoxy) is 1. The molecule has 1 aliphatic rings. The van der Waals surface area contributed by atoms with E-state index in [-0.39, 0.29) is 11.6 Å². The van der Waals surface area contributed by atoms with Crippen molar-refractivity contribution in [2.24, 2.45) is 5.92 Å². The van der Waals surface area contributed by atoms with Crippen molar-refractivity contribution in [2.45, 2.75) is 27.2 Å². The molecule has 0 saturated carbocycles. The molecule has 1 aromatic rings. The summed E-state index contributed by atoms with van der Waals surface area (Å²) in [4.78, 5) is 24.1. The van der Waals surface area contributed by atoms with E-state index < -0.39 is 5.92 Å². The van der Waals surface area contributed by atoms with Crippen LogP contribution in [0.4, 0.5) is 0 Å². The minimum atomic E-state index is -0.518. The predicted molar refractivity (Wildman–Crippen MR) is 69.3 cm³/mol. The lowest BCUT2D eigenvalue weighted by atomic mass is 9.92. The Morgan fingerprint density at radius 3 is 2.50 bits per heavy atom. The molecule has 1 unspecified atom stereocenters. The molecule has 0 bridgehead atoms. The molecule has 1 aromatic carbocycles. The van der Waals surface area contributed by atoms with Gasteiger partial charge in [-0.25, -0.2) is 0 Å². The maximum absolute atomic E-state index is 12.1. The summed E-state index contributed by atoms with van der Waals surface area (Å²) in [5.74, 6) is -0.596. The Bertz CT molecular complexity index is 529. The molecule has 0 heterocycles. The van der Waals surface area contributed by atoms with Crippen LogP contribution >= 0.6 is 0 Å². The van der Waals surface area contributed by atoms with Gasteiger partial charge in [0.2, 0.25) is 0 Å². The maximum atomic E-state index is 12.1. The van der Waals surface area contributed by atoms with Crippen molar-refractivity contribution < 1.29 is 14.3 Å². The number of carbonyl (C=O) groups excluding carboxylic acids is 2. The fourth-order valence-electron chi connectivity index (χ4n) is 2.69. The number of fused-ring (bicyclic) bond motifs is 1. The third-order valence-corrected chi connectivity index (χ3v) is 3.79. The maximum Gasteiger partial charge on any atom is 0.174 e. The number of hydrogen-bond donors (Lipinski definition) is 0. The van der Waals surface area contributed by atoms with Crippen molar-refractivity contribution in [2.75, 3.05) is 13.7 Å². The fraction of sp³-hybridized carbons (Fsp3) is 0.467. The van der Waals surface area contributed by atoms with Gasteiger partial charge in [-0.15, -0.1) is 0 Å². The largest absolute Gasteiger partial charge is 0.384 e. The SMILES string of the molecule is COCCc1c(C)cc2c(c1C)C(=O)C(C)C2=O. The average Bonchev–Trinajstić information content (AvgIpc) is 2.54. The van der Waals surface area contributed by atoms with E-state index in [9.17, 15) is 9.59 Å². The van der Waals surface area contributed by atoms with Crippen molar-refractivity contribution in [3.8, 4) is 0 Å². The second-order valence-corrected chi connectivity index (χ2v) is 4.91. The van der Waals surface area contributed by atoms with E-state index in [0.29, 0.717) is 17.7 Å². The van der Waals surface area contributed by atoms with Crippen LogP contribution in [0.25, 0.3) is 0 Å². The van der Waals surface area contributed by atoms with Gasteiger partial charge in [-0.1, -0.05) is 0 Å². The molecule has 96 valence electrons. The molecule has 0 aromatic heterocycles. The number of Topliss-reactive ketones (excluding diaryl/α,β-unsaturated/α-hetero) is 2. The zero-order chi connectivity index (χ0) is 13.4. The van der Waals surface area contributed by atoms with Crippen molar-refractivity contribution >= 4 is 11.6 Å². The summed E-state index contributed by atoms with van der Waals surface area (Å²) < 4.78 is 5.09. The molecule has 18 heavy (non-hydrogen) atoms. The summed E-state index contributed by atoms with van der Waals surface area (Å²) in [7, 11) is 1.66. The van der Waals surface area contributed by atoms with E-state index in [1.165, 1.54) is 0 Å². The van der Waals surface area contributed by atoms with Crippen molar-refractivity contribution in [3.63, 3.8) is 0 Å². The quantitative estimate of drug-likeness (QED) is 0.770. The van der Waals surface area contributed by atoms with Crippen LogP contribution in [0.1, 0.15) is 44.3 Å². The topological polar surface area (TPSA) is 43.4 Å². The number of methoxy groups -OCH3 is 1. The van der Waals surface area contributed by atoms with Gasteiger partial charge in [0.15, 0.2) is 11.6 Å². The highest BCUT2D eigenvalue weighted by Gasteiger charge is 2.37. The normalized spacial score (nSPS) is 18.3. The number of aryl methyl sites for hydroxylation is 1. The van der Waals surface area contributed by atoms with Gasteiger partial charge in [-0.2, -0.15) is 0 Å². The Morgan fingerprint density at radius 1 is 1.22 bits per heavy atom. The van der Waals surface area contributed by atoms with E-state index in [1.54, 1.807) is 14.0 Å². The van der Waals surface area contributed by atoms with Crippen LogP contribution in [0.5, 0.6) is 0 Å². The van der Waals surface area contributed by atoms with E-state index in [0.717, 1.165) is 23.1 Å². The highest BCUT2D eigenvalue weighted by atomic mass is 16.5. The fourth-order valence-corrected chi connectivity index (χ4v) is 2.69. The zero-order valence-corrected chi connectivity index (χ0v) is 11.3. The van der Waals surface area contributed by atoms with Gasteiger partial charge in [0.25, 0.3) is 0 Å². The van der Waals surface area contributed by atoms with Crippen LogP contribution < -0.4 is 0 Å².